The Bertz CT molecular complexity index is 707. The molecule has 0 aliphatic rings. The average molecular weight is 261 g/mol. The molecule has 0 aliphatic heterocycles. The second-order valence-electron chi connectivity index (χ2n) is 3.98. The lowest BCUT2D eigenvalue weighted by atomic mass is 10.1. The topological polar surface area (TPSA) is 112 Å². The second kappa shape index (κ2) is 4.89. The zero-order valence-corrected chi connectivity index (χ0v) is 10.0. The van der Waals surface area contributed by atoms with E-state index in [1.807, 2.05) is 0 Å². The molecule has 1 aromatic carbocycles. The van der Waals surface area contributed by atoms with Gasteiger partial charge in [-0.1, -0.05) is 18.2 Å². The fraction of sp³-hybridized carbons (Fsp3) is 0.167. The molecule has 2 aromatic rings. The van der Waals surface area contributed by atoms with Gasteiger partial charge < -0.3 is 10.4 Å². The molecule has 7 nitrogen and oxygen atoms in total. The number of nitrogens with one attached hydrogen (secondary N) is 2. The van der Waals surface area contributed by atoms with Crippen molar-refractivity contribution < 1.29 is 14.7 Å². The SMILES string of the molecule is C[C@H](NC(=O)c1n[nH]c(=O)c2ccccc12)C(=O)O. The van der Waals surface area contributed by atoms with Crippen molar-refractivity contribution in [2.45, 2.75) is 13.0 Å². The highest BCUT2D eigenvalue weighted by molar-refractivity contribution is 6.05. The molecule has 0 saturated heterocycles. The van der Waals surface area contributed by atoms with Gasteiger partial charge >= 0.3 is 5.97 Å². The predicted molar refractivity (Wildman–Crippen MR) is 66.9 cm³/mol. The van der Waals surface area contributed by atoms with Gasteiger partial charge in [-0.3, -0.25) is 14.4 Å². The minimum Gasteiger partial charge on any atom is -0.480 e. The Balaban J connectivity index is 2.46. The normalized spacial score (nSPS) is 12.1. The van der Waals surface area contributed by atoms with Crippen LogP contribution >= 0.6 is 0 Å². The van der Waals surface area contributed by atoms with Gasteiger partial charge in [-0.05, 0) is 13.0 Å². The summed E-state index contributed by atoms with van der Waals surface area (Å²) in [6.45, 7) is 1.34. The lowest BCUT2D eigenvalue weighted by Crippen LogP contribution is -2.39. The summed E-state index contributed by atoms with van der Waals surface area (Å²) in [5.41, 5.74) is -0.415. The molecule has 7 heteroatoms. The highest BCUT2D eigenvalue weighted by Crippen LogP contribution is 2.12. The third-order valence-corrected chi connectivity index (χ3v) is 2.63. The maximum Gasteiger partial charge on any atom is 0.325 e. The Morgan fingerprint density at radius 2 is 1.95 bits per heavy atom. The molecule has 0 saturated carbocycles. The van der Waals surface area contributed by atoms with Gasteiger partial charge in [-0.15, -0.1) is 0 Å². The van der Waals surface area contributed by atoms with Crippen molar-refractivity contribution in [2.75, 3.05) is 0 Å². The second-order valence-corrected chi connectivity index (χ2v) is 3.98. The number of hydrogen-bond donors (Lipinski definition) is 3. The lowest BCUT2D eigenvalue weighted by molar-refractivity contribution is -0.138. The molecular weight excluding hydrogens is 250 g/mol. The summed E-state index contributed by atoms with van der Waals surface area (Å²) in [5, 5.41) is 17.6. The fourth-order valence-corrected chi connectivity index (χ4v) is 1.61. The zero-order chi connectivity index (χ0) is 14.0. The van der Waals surface area contributed by atoms with Crippen molar-refractivity contribution in [1.29, 1.82) is 0 Å². The molecule has 0 radical (unpaired) electrons. The number of H-pyrrole nitrogens is 1. The number of nitrogens with zero attached hydrogens (tertiary/aromatic N) is 1. The standard InChI is InChI=1S/C12H11N3O4/c1-6(12(18)19)13-11(17)9-7-4-2-3-5-8(7)10(16)15-14-9/h2-6H,1H3,(H,13,17)(H,15,16)(H,18,19)/t6-/m0/s1. The van der Waals surface area contributed by atoms with Crippen LogP contribution in [-0.4, -0.2) is 33.2 Å². The number of fused-ring (bicyclic) bond motifs is 1. The highest BCUT2D eigenvalue weighted by Gasteiger charge is 2.19. The minimum atomic E-state index is -1.15. The molecule has 1 amide bonds. The number of aliphatic carboxylic acids is 1. The molecule has 0 unspecified atom stereocenters. The number of carboxylic acids is 1. The van der Waals surface area contributed by atoms with Crippen LogP contribution in [0.3, 0.4) is 0 Å². The van der Waals surface area contributed by atoms with Gasteiger partial charge in [0.05, 0.1) is 5.39 Å². The van der Waals surface area contributed by atoms with Gasteiger partial charge in [-0.2, -0.15) is 5.10 Å². The minimum absolute atomic E-state index is 0.0108. The molecule has 98 valence electrons. The zero-order valence-electron chi connectivity index (χ0n) is 10.0. The van der Waals surface area contributed by atoms with Gasteiger partial charge in [0.15, 0.2) is 5.69 Å². The first-order chi connectivity index (χ1) is 9.00. The molecule has 19 heavy (non-hydrogen) atoms. The quantitative estimate of drug-likeness (QED) is 0.726. The molecular formula is C12H11N3O4. The van der Waals surface area contributed by atoms with Crippen LogP contribution in [0.1, 0.15) is 17.4 Å². The van der Waals surface area contributed by atoms with Gasteiger partial charge in [0.1, 0.15) is 6.04 Å². The van der Waals surface area contributed by atoms with E-state index in [-0.39, 0.29) is 5.69 Å². The van der Waals surface area contributed by atoms with Crippen molar-refractivity contribution in [3.05, 3.63) is 40.3 Å². The maximum atomic E-state index is 11.9. The number of hydrogen-bond acceptors (Lipinski definition) is 4. The molecule has 0 aliphatic carbocycles. The van der Waals surface area contributed by atoms with E-state index in [9.17, 15) is 14.4 Å². The van der Waals surface area contributed by atoms with E-state index < -0.39 is 23.5 Å². The molecule has 1 atom stereocenters. The first kappa shape index (κ1) is 12.7. The van der Waals surface area contributed by atoms with Crippen LogP contribution < -0.4 is 10.9 Å². The van der Waals surface area contributed by atoms with Crippen molar-refractivity contribution in [1.82, 2.24) is 15.5 Å². The van der Waals surface area contributed by atoms with E-state index in [4.69, 9.17) is 5.11 Å². The predicted octanol–water partition coefficient (Wildman–Crippen LogP) is 0.126. The summed E-state index contributed by atoms with van der Waals surface area (Å²) in [6, 6.07) is 5.44. The average Bonchev–Trinajstić information content (AvgIpc) is 2.39. The van der Waals surface area contributed by atoms with Crippen LogP contribution in [0.15, 0.2) is 29.1 Å². The summed E-state index contributed by atoms with van der Waals surface area (Å²) < 4.78 is 0. The number of rotatable bonds is 3. The molecule has 1 aromatic heterocycles. The van der Waals surface area contributed by atoms with Crippen LogP contribution in [0.25, 0.3) is 10.8 Å². The Morgan fingerprint density at radius 1 is 1.32 bits per heavy atom. The smallest absolute Gasteiger partial charge is 0.325 e. The van der Waals surface area contributed by atoms with E-state index in [2.05, 4.69) is 15.5 Å². The van der Waals surface area contributed by atoms with E-state index in [1.165, 1.54) is 6.92 Å². The number of aromatic amines is 1. The molecule has 1 heterocycles. The number of carbonyl (C=O) groups is 2. The summed E-state index contributed by atoms with van der Waals surface area (Å²) in [7, 11) is 0. The van der Waals surface area contributed by atoms with Crippen LogP contribution in [0.2, 0.25) is 0 Å². The first-order valence-corrected chi connectivity index (χ1v) is 5.52. The summed E-state index contributed by atoms with van der Waals surface area (Å²) in [5.74, 6) is -1.80. The van der Waals surface area contributed by atoms with E-state index in [0.29, 0.717) is 10.8 Å². The Kier molecular flexibility index (Phi) is 3.28. The molecule has 2 rings (SSSR count). The van der Waals surface area contributed by atoms with Crippen molar-refractivity contribution in [2.24, 2.45) is 0 Å². The van der Waals surface area contributed by atoms with Crippen LogP contribution in [0, 0.1) is 0 Å². The van der Waals surface area contributed by atoms with Crippen molar-refractivity contribution in [3.63, 3.8) is 0 Å². The highest BCUT2D eigenvalue weighted by atomic mass is 16.4. The fourth-order valence-electron chi connectivity index (χ4n) is 1.61. The molecule has 0 fully saturated rings. The van der Waals surface area contributed by atoms with Crippen LogP contribution in [0.4, 0.5) is 0 Å². The van der Waals surface area contributed by atoms with Gasteiger partial charge in [0.2, 0.25) is 0 Å². The van der Waals surface area contributed by atoms with Gasteiger partial charge in [-0.25, -0.2) is 5.10 Å². The number of aromatic nitrogens is 2. The number of carboxylic acid groups (broad SMARTS) is 1. The summed E-state index contributed by atoms with van der Waals surface area (Å²) >= 11 is 0. The Labute approximate surface area is 107 Å². The van der Waals surface area contributed by atoms with Crippen LogP contribution in [0.5, 0.6) is 0 Å². The molecule has 3 N–H and O–H groups in total. The summed E-state index contributed by atoms with van der Waals surface area (Å²) in [6.07, 6.45) is 0. The van der Waals surface area contributed by atoms with E-state index >= 15 is 0 Å². The Morgan fingerprint density at radius 3 is 2.58 bits per heavy atom. The number of amides is 1. The van der Waals surface area contributed by atoms with Gasteiger partial charge in [0, 0.05) is 5.39 Å². The molecule has 0 bridgehead atoms. The summed E-state index contributed by atoms with van der Waals surface area (Å²) in [4.78, 5) is 34.2. The molecule has 0 spiro atoms. The maximum absolute atomic E-state index is 11.9. The van der Waals surface area contributed by atoms with Crippen LogP contribution in [-0.2, 0) is 4.79 Å². The Hall–Kier alpha value is -2.70. The lowest BCUT2D eigenvalue weighted by Gasteiger charge is -2.09. The number of benzene rings is 1. The number of carbonyl (C=O) groups excluding carboxylic acids is 1. The monoisotopic (exact) mass is 261 g/mol. The van der Waals surface area contributed by atoms with E-state index in [0.717, 1.165) is 0 Å². The third kappa shape index (κ3) is 2.44. The first-order valence-electron chi connectivity index (χ1n) is 5.52. The van der Waals surface area contributed by atoms with Gasteiger partial charge in [0.25, 0.3) is 11.5 Å². The largest absolute Gasteiger partial charge is 0.480 e. The van der Waals surface area contributed by atoms with E-state index in [1.54, 1.807) is 24.3 Å². The van der Waals surface area contributed by atoms with Crippen molar-refractivity contribution in [3.8, 4) is 0 Å². The third-order valence-electron chi connectivity index (χ3n) is 2.63. The van der Waals surface area contributed by atoms with Crippen molar-refractivity contribution >= 4 is 22.6 Å².